The minimum absolute atomic E-state index is 0.443. The number of nitrogens with one attached hydrogen (secondary N) is 1. The zero-order valence-corrected chi connectivity index (χ0v) is 9.35. The van der Waals surface area contributed by atoms with E-state index < -0.39 is 0 Å². The van der Waals surface area contributed by atoms with Gasteiger partial charge in [-0.2, -0.15) is 5.10 Å². The highest BCUT2D eigenvalue weighted by atomic mass is 15.1. The van der Waals surface area contributed by atoms with E-state index >= 15 is 0 Å². The summed E-state index contributed by atoms with van der Waals surface area (Å²) in [6.07, 6.45) is 1.09. The Morgan fingerprint density at radius 3 is 2.76 bits per heavy atom. The lowest BCUT2D eigenvalue weighted by Gasteiger charge is -2.09. The maximum absolute atomic E-state index is 4.38. The van der Waals surface area contributed by atoms with Crippen LogP contribution in [0.15, 0.2) is 48.5 Å². The fraction of sp³-hybridized carbons (Fsp3) is 0.133. The van der Waals surface area contributed by atoms with E-state index in [9.17, 15) is 0 Å². The Morgan fingerprint density at radius 1 is 1.00 bits per heavy atom. The van der Waals surface area contributed by atoms with E-state index in [1.165, 1.54) is 22.2 Å². The lowest BCUT2D eigenvalue weighted by atomic mass is 9.96. The molecular weight excluding hydrogens is 208 g/mol. The summed E-state index contributed by atoms with van der Waals surface area (Å²) in [6.45, 7) is 0. The molecule has 82 valence electrons. The second-order valence-electron chi connectivity index (χ2n) is 4.62. The van der Waals surface area contributed by atoms with Gasteiger partial charge in [0.1, 0.15) is 0 Å². The van der Waals surface area contributed by atoms with Crippen LogP contribution in [0.5, 0.6) is 0 Å². The first-order chi connectivity index (χ1) is 8.43. The van der Waals surface area contributed by atoms with Gasteiger partial charge in [-0.3, -0.25) is 5.10 Å². The van der Waals surface area contributed by atoms with E-state index in [2.05, 4.69) is 58.7 Å². The molecule has 4 rings (SSSR count). The Labute approximate surface area is 99.3 Å². The third-order valence-corrected chi connectivity index (χ3v) is 3.67. The van der Waals surface area contributed by atoms with Crippen LogP contribution in [0.1, 0.15) is 22.7 Å². The first kappa shape index (κ1) is 8.99. The van der Waals surface area contributed by atoms with Gasteiger partial charge >= 0.3 is 0 Å². The molecule has 2 aromatic carbocycles. The predicted octanol–water partition coefficient (Wildman–Crippen LogP) is 3.25. The number of hydrogen-bond acceptors (Lipinski definition) is 1. The zero-order valence-electron chi connectivity index (χ0n) is 9.35. The lowest BCUT2D eigenvalue weighted by Crippen LogP contribution is -1.99. The van der Waals surface area contributed by atoms with Gasteiger partial charge in [-0.15, -0.1) is 0 Å². The molecular formula is C15H12N2. The number of hydrogen-bond donors (Lipinski definition) is 1. The molecule has 1 aromatic heterocycles. The predicted molar refractivity (Wildman–Crippen MR) is 68.1 cm³/mol. The minimum Gasteiger partial charge on any atom is -0.281 e. The van der Waals surface area contributed by atoms with E-state index in [0.29, 0.717) is 5.92 Å². The largest absolute Gasteiger partial charge is 0.281 e. The molecule has 1 aliphatic carbocycles. The topological polar surface area (TPSA) is 28.7 Å². The zero-order chi connectivity index (χ0) is 11.2. The summed E-state index contributed by atoms with van der Waals surface area (Å²) in [5.74, 6) is 0.443. The van der Waals surface area contributed by atoms with Crippen LogP contribution in [0, 0.1) is 0 Å². The normalized spacial score (nSPS) is 17.8. The highest BCUT2D eigenvalue weighted by Gasteiger charge is 2.27. The first-order valence-corrected chi connectivity index (χ1v) is 5.94. The molecule has 1 N–H and O–H groups in total. The van der Waals surface area contributed by atoms with Crippen molar-refractivity contribution in [3.63, 3.8) is 0 Å². The molecule has 1 heterocycles. The van der Waals surface area contributed by atoms with Gasteiger partial charge < -0.3 is 0 Å². The highest BCUT2D eigenvalue weighted by Crippen LogP contribution is 2.40. The van der Waals surface area contributed by atoms with Crippen molar-refractivity contribution >= 4 is 10.9 Å². The number of aromatic amines is 1. The molecule has 2 nitrogen and oxygen atoms in total. The molecule has 0 aliphatic heterocycles. The summed E-state index contributed by atoms with van der Waals surface area (Å²) in [7, 11) is 0. The molecule has 17 heavy (non-hydrogen) atoms. The summed E-state index contributed by atoms with van der Waals surface area (Å²) in [6, 6.07) is 17.0. The molecule has 1 aliphatic rings. The van der Waals surface area contributed by atoms with Crippen LogP contribution in [-0.2, 0) is 6.42 Å². The second-order valence-corrected chi connectivity index (χ2v) is 4.62. The monoisotopic (exact) mass is 220 g/mol. The Kier molecular flexibility index (Phi) is 1.69. The fourth-order valence-corrected chi connectivity index (χ4v) is 2.88. The molecule has 2 heteroatoms. The smallest absolute Gasteiger partial charge is 0.0926 e. The summed E-state index contributed by atoms with van der Waals surface area (Å²) in [5.41, 5.74) is 5.16. The standard InChI is InChI=1S/C15H12N2/c1-2-5-10(6-3-1)12-9-11-7-4-8-13-14(11)15(12)17-16-13/h1-8,12H,9H2,(H,16,17)/t12-/m1/s1. The van der Waals surface area contributed by atoms with E-state index in [4.69, 9.17) is 0 Å². The SMILES string of the molecule is c1ccc([C@H]2Cc3cccc4n[nH]c2c34)cc1. The molecule has 0 radical (unpaired) electrons. The fourth-order valence-electron chi connectivity index (χ4n) is 2.88. The molecule has 0 unspecified atom stereocenters. The van der Waals surface area contributed by atoms with Crippen molar-refractivity contribution in [3.05, 3.63) is 65.4 Å². The Bertz CT molecular complexity index is 682. The van der Waals surface area contributed by atoms with Crippen molar-refractivity contribution in [2.75, 3.05) is 0 Å². The molecule has 3 aromatic rings. The van der Waals surface area contributed by atoms with Crippen molar-refractivity contribution in [2.24, 2.45) is 0 Å². The van der Waals surface area contributed by atoms with Crippen molar-refractivity contribution < 1.29 is 0 Å². The van der Waals surface area contributed by atoms with Gasteiger partial charge in [-0.05, 0) is 23.6 Å². The molecule has 1 atom stereocenters. The van der Waals surface area contributed by atoms with Crippen molar-refractivity contribution in [1.82, 2.24) is 10.2 Å². The van der Waals surface area contributed by atoms with Crippen LogP contribution in [-0.4, -0.2) is 10.2 Å². The number of nitrogens with zero attached hydrogens (tertiary/aromatic N) is 1. The van der Waals surface area contributed by atoms with E-state index in [0.717, 1.165) is 11.9 Å². The average molecular weight is 220 g/mol. The van der Waals surface area contributed by atoms with Crippen LogP contribution in [0.3, 0.4) is 0 Å². The number of H-pyrrole nitrogens is 1. The minimum atomic E-state index is 0.443. The van der Waals surface area contributed by atoms with Gasteiger partial charge in [0.15, 0.2) is 0 Å². The van der Waals surface area contributed by atoms with E-state index in [1.807, 2.05) is 0 Å². The Balaban J connectivity index is 1.94. The van der Waals surface area contributed by atoms with Gasteiger partial charge in [0.25, 0.3) is 0 Å². The summed E-state index contributed by atoms with van der Waals surface area (Å²) >= 11 is 0. The quantitative estimate of drug-likeness (QED) is 0.670. The molecule has 0 amide bonds. The van der Waals surface area contributed by atoms with Crippen LogP contribution < -0.4 is 0 Å². The number of rotatable bonds is 1. The van der Waals surface area contributed by atoms with Gasteiger partial charge in [0.05, 0.1) is 11.2 Å². The van der Waals surface area contributed by atoms with Gasteiger partial charge in [0.2, 0.25) is 0 Å². The number of aromatic nitrogens is 2. The van der Waals surface area contributed by atoms with Gasteiger partial charge in [-0.25, -0.2) is 0 Å². The maximum atomic E-state index is 4.38. The average Bonchev–Trinajstić information content (AvgIpc) is 2.97. The molecule has 0 bridgehead atoms. The van der Waals surface area contributed by atoms with Gasteiger partial charge in [0, 0.05) is 11.3 Å². The Morgan fingerprint density at radius 2 is 1.88 bits per heavy atom. The van der Waals surface area contributed by atoms with Gasteiger partial charge in [-0.1, -0.05) is 42.5 Å². The summed E-state index contributed by atoms with van der Waals surface area (Å²) in [5, 5.41) is 8.93. The van der Waals surface area contributed by atoms with Crippen LogP contribution >= 0.6 is 0 Å². The summed E-state index contributed by atoms with van der Waals surface area (Å²) in [4.78, 5) is 0. The maximum Gasteiger partial charge on any atom is 0.0926 e. The van der Waals surface area contributed by atoms with E-state index in [1.54, 1.807) is 0 Å². The molecule has 0 saturated carbocycles. The van der Waals surface area contributed by atoms with Crippen molar-refractivity contribution in [1.29, 1.82) is 0 Å². The highest BCUT2D eigenvalue weighted by molar-refractivity contribution is 5.88. The van der Waals surface area contributed by atoms with Crippen LogP contribution in [0.25, 0.3) is 10.9 Å². The first-order valence-electron chi connectivity index (χ1n) is 5.94. The summed E-state index contributed by atoms with van der Waals surface area (Å²) < 4.78 is 0. The van der Waals surface area contributed by atoms with Crippen LogP contribution in [0.2, 0.25) is 0 Å². The Hall–Kier alpha value is -2.09. The van der Waals surface area contributed by atoms with Crippen molar-refractivity contribution in [3.8, 4) is 0 Å². The van der Waals surface area contributed by atoms with E-state index in [-0.39, 0.29) is 0 Å². The second kappa shape index (κ2) is 3.20. The molecule has 0 spiro atoms. The molecule has 0 saturated heterocycles. The third-order valence-electron chi connectivity index (χ3n) is 3.67. The van der Waals surface area contributed by atoms with Crippen molar-refractivity contribution in [2.45, 2.75) is 12.3 Å². The number of benzene rings is 2. The molecule has 0 fully saturated rings. The lowest BCUT2D eigenvalue weighted by molar-refractivity contribution is 0.800. The van der Waals surface area contributed by atoms with Crippen LogP contribution in [0.4, 0.5) is 0 Å². The third kappa shape index (κ3) is 1.18.